The highest BCUT2D eigenvalue weighted by atomic mass is 79.9. The van der Waals surface area contributed by atoms with Crippen LogP contribution in [-0.4, -0.2) is 7.11 Å². The number of rotatable bonds is 2. The maximum atomic E-state index is 5.22. The summed E-state index contributed by atoms with van der Waals surface area (Å²) in [6.07, 6.45) is 0. The number of benzene rings is 1. The summed E-state index contributed by atoms with van der Waals surface area (Å²) in [6.45, 7) is 4.15. The van der Waals surface area contributed by atoms with Gasteiger partial charge in [-0.2, -0.15) is 0 Å². The molecule has 0 saturated heterocycles. The van der Waals surface area contributed by atoms with E-state index in [0.717, 1.165) is 15.8 Å². The molecule has 0 aliphatic carbocycles. The second-order valence-corrected chi connectivity index (χ2v) is 3.76. The lowest BCUT2D eigenvalue weighted by atomic mass is 10.0. The number of hydrogen-bond acceptors (Lipinski definition) is 1. The van der Waals surface area contributed by atoms with Crippen LogP contribution in [0.3, 0.4) is 0 Å². The Hall–Kier alpha value is -0.500. The largest absolute Gasteiger partial charge is 0.496 e. The third-order valence-corrected chi connectivity index (χ3v) is 2.19. The zero-order chi connectivity index (χ0) is 9.14. The molecule has 0 atom stereocenters. The van der Waals surface area contributed by atoms with Crippen molar-refractivity contribution in [2.24, 2.45) is 0 Å². The lowest BCUT2D eigenvalue weighted by Crippen LogP contribution is -1.94. The summed E-state index contributed by atoms with van der Waals surface area (Å²) < 4.78 is 6.30. The molecule has 1 aromatic rings. The minimum Gasteiger partial charge on any atom is -0.496 e. The van der Waals surface area contributed by atoms with Crippen molar-refractivity contribution in [3.05, 3.63) is 34.2 Å². The van der Waals surface area contributed by atoms with Crippen LogP contribution in [0.15, 0.2) is 22.7 Å². The van der Waals surface area contributed by atoms with E-state index in [1.165, 1.54) is 5.92 Å². The van der Waals surface area contributed by atoms with E-state index in [1.807, 2.05) is 12.1 Å². The van der Waals surface area contributed by atoms with E-state index in [0.29, 0.717) is 0 Å². The molecule has 1 aromatic carbocycles. The van der Waals surface area contributed by atoms with Crippen molar-refractivity contribution in [3.63, 3.8) is 0 Å². The summed E-state index contributed by atoms with van der Waals surface area (Å²) in [5.74, 6) is 2.19. The minimum absolute atomic E-state index is 0.929. The molecule has 0 bridgehead atoms. The number of halogens is 1. The lowest BCUT2D eigenvalue weighted by Gasteiger charge is -2.10. The summed E-state index contributed by atoms with van der Waals surface area (Å²) >= 11 is 3.42. The smallest absolute Gasteiger partial charge is 0.122 e. The molecule has 0 aromatic heterocycles. The van der Waals surface area contributed by atoms with Crippen LogP contribution in [-0.2, 0) is 0 Å². The van der Waals surface area contributed by atoms with Gasteiger partial charge >= 0.3 is 0 Å². The Bertz CT molecular complexity index is 269. The predicted octanol–water partition coefficient (Wildman–Crippen LogP) is 3.42. The van der Waals surface area contributed by atoms with Crippen LogP contribution in [0, 0.1) is 5.92 Å². The lowest BCUT2D eigenvalue weighted by molar-refractivity contribution is 0.411. The zero-order valence-corrected chi connectivity index (χ0v) is 9.10. The van der Waals surface area contributed by atoms with E-state index >= 15 is 0 Å². The highest BCUT2D eigenvalue weighted by Crippen LogP contribution is 2.28. The van der Waals surface area contributed by atoms with E-state index in [4.69, 9.17) is 4.74 Å². The number of ether oxygens (including phenoxy) is 1. The van der Waals surface area contributed by atoms with Crippen LogP contribution < -0.4 is 4.74 Å². The molecular weight excluding hydrogens is 216 g/mol. The summed E-state index contributed by atoms with van der Waals surface area (Å²) in [4.78, 5) is 0. The van der Waals surface area contributed by atoms with Gasteiger partial charge in [-0.05, 0) is 18.2 Å². The Morgan fingerprint density at radius 3 is 2.50 bits per heavy atom. The highest BCUT2D eigenvalue weighted by molar-refractivity contribution is 9.10. The summed E-state index contributed by atoms with van der Waals surface area (Å²) in [5.41, 5.74) is 1.16. The molecule has 1 radical (unpaired) electrons. The van der Waals surface area contributed by atoms with E-state index in [1.54, 1.807) is 7.11 Å². The van der Waals surface area contributed by atoms with E-state index < -0.39 is 0 Å². The average Bonchev–Trinajstić information content (AvgIpc) is 2.04. The quantitative estimate of drug-likeness (QED) is 0.753. The van der Waals surface area contributed by atoms with Gasteiger partial charge in [0.2, 0.25) is 0 Å². The molecule has 12 heavy (non-hydrogen) atoms. The molecule has 1 rings (SSSR count). The van der Waals surface area contributed by atoms with Crippen LogP contribution in [0.2, 0.25) is 0 Å². The first-order chi connectivity index (χ1) is 5.65. The molecule has 0 unspecified atom stereocenters. The molecule has 0 saturated carbocycles. The molecule has 0 aliphatic heterocycles. The molecule has 0 fully saturated rings. The molecule has 0 spiro atoms. The fraction of sp³-hybridized carbons (Fsp3) is 0.300. The number of hydrogen-bond donors (Lipinski definition) is 0. The van der Waals surface area contributed by atoms with Crippen molar-refractivity contribution >= 4 is 15.9 Å². The second-order valence-electron chi connectivity index (χ2n) is 2.84. The van der Waals surface area contributed by atoms with Gasteiger partial charge in [-0.15, -0.1) is 0 Å². The maximum Gasteiger partial charge on any atom is 0.122 e. The molecule has 1 nitrogen and oxygen atoms in total. The Labute approximate surface area is 81.9 Å². The van der Waals surface area contributed by atoms with Gasteiger partial charge in [-0.3, -0.25) is 0 Å². The predicted molar refractivity (Wildman–Crippen MR) is 54.4 cm³/mol. The Kier molecular flexibility index (Phi) is 3.15. The number of methoxy groups -OCH3 is 1. The Balaban J connectivity index is 3.12. The fourth-order valence-electron chi connectivity index (χ4n) is 1.07. The Morgan fingerprint density at radius 2 is 2.00 bits per heavy atom. The SMILES string of the molecule is COc1ccc(Br)cc1[C](C)C. The van der Waals surface area contributed by atoms with Gasteiger partial charge < -0.3 is 4.74 Å². The molecule has 0 N–H and O–H groups in total. The normalized spacial score (nSPS) is 10.4. The van der Waals surface area contributed by atoms with Gasteiger partial charge in [0.05, 0.1) is 7.11 Å². The van der Waals surface area contributed by atoms with Gasteiger partial charge in [-0.25, -0.2) is 0 Å². The topological polar surface area (TPSA) is 9.23 Å². The Morgan fingerprint density at radius 1 is 1.33 bits per heavy atom. The van der Waals surface area contributed by atoms with Gasteiger partial charge in [0.25, 0.3) is 0 Å². The molecule has 0 aliphatic rings. The van der Waals surface area contributed by atoms with Crippen molar-refractivity contribution in [3.8, 4) is 5.75 Å². The summed E-state index contributed by atoms with van der Waals surface area (Å²) in [5, 5.41) is 0. The van der Waals surface area contributed by atoms with Gasteiger partial charge in [0.15, 0.2) is 0 Å². The molecule has 65 valence electrons. The van der Waals surface area contributed by atoms with Crippen molar-refractivity contribution in [2.45, 2.75) is 13.8 Å². The van der Waals surface area contributed by atoms with Gasteiger partial charge in [0, 0.05) is 16.0 Å². The van der Waals surface area contributed by atoms with Crippen molar-refractivity contribution in [1.82, 2.24) is 0 Å². The third-order valence-electron chi connectivity index (χ3n) is 1.70. The summed E-state index contributed by atoms with van der Waals surface area (Å²) in [7, 11) is 1.69. The minimum atomic E-state index is 0.929. The van der Waals surface area contributed by atoms with Crippen LogP contribution in [0.1, 0.15) is 19.4 Å². The van der Waals surface area contributed by atoms with Crippen molar-refractivity contribution in [2.75, 3.05) is 7.11 Å². The summed E-state index contributed by atoms with van der Waals surface area (Å²) in [6, 6.07) is 6.01. The molecular formula is C10H12BrO. The van der Waals surface area contributed by atoms with Crippen LogP contribution >= 0.6 is 15.9 Å². The monoisotopic (exact) mass is 227 g/mol. The fourth-order valence-corrected chi connectivity index (χ4v) is 1.43. The first kappa shape index (κ1) is 9.59. The average molecular weight is 228 g/mol. The first-order valence-corrected chi connectivity index (χ1v) is 4.58. The molecule has 2 heteroatoms. The van der Waals surface area contributed by atoms with Crippen LogP contribution in [0.25, 0.3) is 0 Å². The van der Waals surface area contributed by atoms with Gasteiger partial charge in [-0.1, -0.05) is 29.8 Å². The molecule has 0 heterocycles. The molecule has 0 amide bonds. The van der Waals surface area contributed by atoms with Crippen LogP contribution in [0.5, 0.6) is 5.75 Å². The zero-order valence-electron chi connectivity index (χ0n) is 7.52. The van der Waals surface area contributed by atoms with E-state index in [2.05, 4.69) is 35.8 Å². The van der Waals surface area contributed by atoms with Crippen molar-refractivity contribution < 1.29 is 4.74 Å². The van der Waals surface area contributed by atoms with Gasteiger partial charge in [0.1, 0.15) is 5.75 Å². The van der Waals surface area contributed by atoms with Crippen molar-refractivity contribution in [1.29, 1.82) is 0 Å². The highest BCUT2D eigenvalue weighted by Gasteiger charge is 2.07. The van der Waals surface area contributed by atoms with E-state index in [-0.39, 0.29) is 0 Å². The maximum absolute atomic E-state index is 5.22. The van der Waals surface area contributed by atoms with E-state index in [9.17, 15) is 0 Å². The van der Waals surface area contributed by atoms with Crippen LogP contribution in [0.4, 0.5) is 0 Å². The standard InChI is InChI=1S/C10H12BrO/c1-7(2)9-6-8(11)4-5-10(9)12-3/h4-6H,1-3H3. The first-order valence-electron chi connectivity index (χ1n) is 3.79. The third kappa shape index (κ3) is 2.01. The second kappa shape index (κ2) is 3.94.